The minimum atomic E-state index is -0.304. The Labute approximate surface area is 103 Å². The number of rotatable bonds is 4. The van der Waals surface area contributed by atoms with E-state index in [2.05, 4.69) is 18.3 Å². The van der Waals surface area contributed by atoms with Gasteiger partial charge < -0.3 is 15.2 Å². The first-order valence-corrected chi connectivity index (χ1v) is 6.36. The Balaban J connectivity index is 2.06. The van der Waals surface area contributed by atoms with Crippen LogP contribution in [-0.2, 0) is 6.42 Å². The molecule has 2 N–H and O–H groups in total. The number of aryl methyl sites for hydroxylation is 1. The third-order valence-corrected chi connectivity index (χ3v) is 3.14. The van der Waals surface area contributed by atoms with Crippen LogP contribution in [0.25, 0.3) is 0 Å². The van der Waals surface area contributed by atoms with Crippen molar-refractivity contribution < 1.29 is 9.84 Å². The fourth-order valence-corrected chi connectivity index (χ4v) is 2.10. The van der Waals surface area contributed by atoms with Crippen LogP contribution >= 0.6 is 0 Å². The number of ether oxygens (including phenoxy) is 1. The maximum Gasteiger partial charge on any atom is 0.142 e. The van der Waals surface area contributed by atoms with Gasteiger partial charge in [-0.05, 0) is 38.3 Å². The lowest BCUT2D eigenvalue weighted by atomic mass is 9.98. The van der Waals surface area contributed by atoms with Crippen molar-refractivity contribution in [2.45, 2.75) is 45.3 Å². The van der Waals surface area contributed by atoms with Gasteiger partial charge in [0.05, 0.1) is 18.4 Å². The molecule has 0 radical (unpaired) electrons. The van der Waals surface area contributed by atoms with Crippen LogP contribution in [0.1, 0.15) is 32.3 Å². The molecule has 1 aliphatic heterocycles. The molecule has 0 aromatic heterocycles. The van der Waals surface area contributed by atoms with E-state index >= 15 is 0 Å². The molecule has 1 aromatic rings. The Morgan fingerprint density at radius 1 is 1.53 bits per heavy atom. The SMILES string of the molecule is CC(O)CCOc1cccc2c1NC(C)CC2. The third kappa shape index (κ3) is 3.13. The average Bonchev–Trinajstić information content (AvgIpc) is 2.29. The van der Waals surface area contributed by atoms with Crippen LogP contribution < -0.4 is 10.1 Å². The quantitative estimate of drug-likeness (QED) is 0.843. The average molecular weight is 235 g/mol. The predicted octanol–water partition coefficient (Wildman–Crippen LogP) is 2.58. The maximum absolute atomic E-state index is 9.22. The molecule has 3 nitrogen and oxygen atoms in total. The van der Waals surface area contributed by atoms with Gasteiger partial charge in [0.1, 0.15) is 5.75 Å². The monoisotopic (exact) mass is 235 g/mol. The van der Waals surface area contributed by atoms with Crippen LogP contribution in [0.4, 0.5) is 5.69 Å². The van der Waals surface area contributed by atoms with E-state index in [4.69, 9.17) is 4.74 Å². The van der Waals surface area contributed by atoms with Crippen molar-refractivity contribution in [2.24, 2.45) is 0 Å². The minimum Gasteiger partial charge on any atom is -0.491 e. The van der Waals surface area contributed by atoms with Gasteiger partial charge >= 0.3 is 0 Å². The molecule has 0 bridgehead atoms. The van der Waals surface area contributed by atoms with Crippen LogP contribution in [0.2, 0.25) is 0 Å². The lowest BCUT2D eigenvalue weighted by molar-refractivity contribution is 0.156. The molecule has 0 amide bonds. The lowest BCUT2D eigenvalue weighted by Crippen LogP contribution is -2.22. The molecule has 0 saturated carbocycles. The second-order valence-corrected chi connectivity index (χ2v) is 4.86. The molecule has 17 heavy (non-hydrogen) atoms. The summed E-state index contributed by atoms with van der Waals surface area (Å²) in [6, 6.07) is 6.68. The first-order valence-electron chi connectivity index (χ1n) is 6.36. The number of hydrogen-bond acceptors (Lipinski definition) is 3. The van der Waals surface area contributed by atoms with Gasteiger partial charge in [0.2, 0.25) is 0 Å². The van der Waals surface area contributed by atoms with Gasteiger partial charge in [-0.3, -0.25) is 0 Å². The number of para-hydroxylation sites is 1. The molecule has 0 fully saturated rings. The minimum absolute atomic E-state index is 0.304. The highest BCUT2D eigenvalue weighted by Gasteiger charge is 2.17. The number of hydrogen-bond donors (Lipinski definition) is 2. The fraction of sp³-hybridized carbons (Fsp3) is 0.571. The van der Waals surface area contributed by atoms with Crippen molar-refractivity contribution in [3.05, 3.63) is 23.8 Å². The number of nitrogens with one attached hydrogen (secondary N) is 1. The van der Waals surface area contributed by atoms with Crippen molar-refractivity contribution in [3.8, 4) is 5.75 Å². The summed E-state index contributed by atoms with van der Waals surface area (Å²) in [6.07, 6.45) is 2.64. The Morgan fingerprint density at radius 3 is 3.12 bits per heavy atom. The van der Waals surface area contributed by atoms with E-state index in [1.54, 1.807) is 6.92 Å². The molecule has 0 saturated heterocycles. The summed E-state index contributed by atoms with van der Waals surface area (Å²) in [5.41, 5.74) is 2.47. The summed E-state index contributed by atoms with van der Waals surface area (Å²) in [5.74, 6) is 0.912. The van der Waals surface area contributed by atoms with Crippen LogP contribution in [0, 0.1) is 0 Å². The van der Waals surface area contributed by atoms with E-state index < -0.39 is 0 Å². The highest BCUT2D eigenvalue weighted by Crippen LogP contribution is 2.33. The highest BCUT2D eigenvalue weighted by molar-refractivity contribution is 5.63. The molecular weight excluding hydrogens is 214 g/mol. The first kappa shape index (κ1) is 12.2. The van der Waals surface area contributed by atoms with E-state index in [1.807, 2.05) is 12.1 Å². The van der Waals surface area contributed by atoms with Crippen molar-refractivity contribution >= 4 is 5.69 Å². The highest BCUT2D eigenvalue weighted by atomic mass is 16.5. The molecule has 3 heteroatoms. The number of aliphatic hydroxyl groups excluding tert-OH is 1. The molecule has 2 atom stereocenters. The van der Waals surface area contributed by atoms with Crippen molar-refractivity contribution in [2.75, 3.05) is 11.9 Å². The fourth-order valence-electron chi connectivity index (χ4n) is 2.10. The summed E-state index contributed by atoms with van der Waals surface area (Å²) >= 11 is 0. The van der Waals surface area contributed by atoms with Gasteiger partial charge in [0.25, 0.3) is 0 Å². The predicted molar refractivity (Wildman–Crippen MR) is 69.6 cm³/mol. The zero-order valence-electron chi connectivity index (χ0n) is 10.6. The molecule has 2 rings (SSSR count). The van der Waals surface area contributed by atoms with Gasteiger partial charge in [-0.2, -0.15) is 0 Å². The van der Waals surface area contributed by atoms with Gasteiger partial charge in [0.15, 0.2) is 0 Å². The van der Waals surface area contributed by atoms with Crippen molar-refractivity contribution in [3.63, 3.8) is 0 Å². The van der Waals surface area contributed by atoms with Crippen LogP contribution in [0.3, 0.4) is 0 Å². The van der Waals surface area contributed by atoms with Crippen LogP contribution in [0.5, 0.6) is 5.75 Å². The molecular formula is C14H21NO2. The molecule has 0 aliphatic carbocycles. The Morgan fingerprint density at radius 2 is 2.35 bits per heavy atom. The second kappa shape index (κ2) is 5.41. The lowest BCUT2D eigenvalue weighted by Gasteiger charge is -2.26. The molecule has 94 valence electrons. The molecule has 0 spiro atoms. The van der Waals surface area contributed by atoms with E-state index in [0.717, 1.165) is 17.9 Å². The number of fused-ring (bicyclic) bond motifs is 1. The Hall–Kier alpha value is -1.22. The van der Waals surface area contributed by atoms with Gasteiger partial charge in [0, 0.05) is 12.5 Å². The van der Waals surface area contributed by atoms with Crippen LogP contribution in [-0.4, -0.2) is 23.9 Å². The summed E-state index contributed by atoms with van der Waals surface area (Å²) in [6.45, 7) is 4.53. The van der Waals surface area contributed by atoms with E-state index in [-0.39, 0.29) is 6.10 Å². The summed E-state index contributed by atoms with van der Waals surface area (Å²) in [7, 11) is 0. The summed E-state index contributed by atoms with van der Waals surface area (Å²) in [5, 5.41) is 12.7. The summed E-state index contributed by atoms with van der Waals surface area (Å²) < 4.78 is 5.74. The van der Waals surface area contributed by atoms with E-state index in [9.17, 15) is 5.11 Å². The van der Waals surface area contributed by atoms with Crippen molar-refractivity contribution in [1.82, 2.24) is 0 Å². The van der Waals surface area contributed by atoms with Gasteiger partial charge in [-0.1, -0.05) is 12.1 Å². The normalized spacial score (nSPS) is 20.3. The molecule has 1 aromatic carbocycles. The second-order valence-electron chi connectivity index (χ2n) is 4.86. The topological polar surface area (TPSA) is 41.5 Å². The summed E-state index contributed by atoms with van der Waals surface area (Å²) in [4.78, 5) is 0. The Kier molecular flexibility index (Phi) is 3.89. The molecule has 1 aliphatic rings. The standard InChI is InChI=1S/C14H21NO2/c1-10-6-7-12-4-3-5-13(14(12)15-10)17-9-8-11(2)16/h3-5,10-11,15-16H,6-9H2,1-2H3. The Bertz CT molecular complexity index is 376. The van der Waals surface area contributed by atoms with Gasteiger partial charge in [-0.15, -0.1) is 0 Å². The first-order chi connectivity index (χ1) is 8.16. The zero-order chi connectivity index (χ0) is 12.3. The largest absolute Gasteiger partial charge is 0.491 e. The third-order valence-electron chi connectivity index (χ3n) is 3.14. The van der Waals surface area contributed by atoms with E-state index in [0.29, 0.717) is 19.1 Å². The number of anilines is 1. The molecule has 2 unspecified atom stereocenters. The zero-order valence-corrected chi connectivity index (χ0v) is 10.6. The number of aliphatic hydroxyl groups is 1. The van der Waals surface area contributed by atoms with Crippen molar-refractivity contribution in [1.29, 1.82) is 0 Å². The van der Waals surface area contributed by atoms with Gasteiger partial charge in [-0.25, -0.2) is 0 Å². The van der Waals surface area contributed by atoms with Crippen LogP contribution in [0.15, 0.2) is 18.2 Å². The maximum atomic E-state index is 9.22. The number of benzene rings is 1. The molecule has 1 heterocycles. The smallest absolute Gasteiger partial charge is 0.142 e. The van der Waals surface area contributed by atoms with E-state index in [1.165, 1.54) is 12.0 Å².